The summed E-state index contributed by atoms with van der Waals surface area (Å²) in [4.78, 5) is 21.2. The molecule has 5 heteroatoms. The molecule has 0 bridgehead atoms. The lowest BCUT2D eigenvalue weighted by Crippen LogP contribution is -2.31. The summed E-state index contributed by atoms with van der Waals surface area (Å²) in [5, 5.41) is 6.21. The summed E-state index contributed by atoms with van der Waals surface area (Å²) in [5.41, 5.74) is 1.50. The number of hydrogen-bond acceptors (Lipinski definition) is 4. The SMILES string of the molecule is CCNc1cnc(C(C)C)nc1C(=O)NCC1(CC)CC1. The minimum Gasteiger partial charge on any atom is -0.382 e. The van der Waals surface area contributed by atoms with Crippen LogP contribution in [0.15, 0.2) is 6.20 Å². The third-order valence-electron chi connectivity index (χ3n) is 4.24. The zero-order chi connectivity index (χ0) is 15.5. The van der Waals surface area contributed by atoms with Crippen molar-refractivity contribution in [3.8, 4) is 0 Å². The predicted molar refractivity (Wildman–Crippen MR) is 84.6 cm³/mol. The molecule has 0 radical (unpaired) electrons. The van der Waals surface area contributed by atoms with E-state index in [-0.39, 0.29) is 11.8 Å². The Balaban J connectivity index is 2.14. The number of carbonyl (C=O) groups is 1. The van der Waals surface area contributed by atoms with E-state index in [0.29, 0.717) is 22.6 Å². The average molecular weight is 290 g/mol. The molecule has 0 aromatic carbocycles. The highest BCUT2D eigenvalue weighted by atomic mass is 16.1. The Labute approximate surface area is 127 Å². The van der Waals surface area contributed by atoms with Gasteiger partial charge in [0.2, 0.25) is 0 Å². The van der Waals surface area contributed by atoms with Crippen LogP contribution >= 0.6 is 0 Å². The van der Waals surface area contributed by atoms with Crippen LogP contribution in [0.1, 0.15) is 69.2 Å². The van der Waals surface area contributed by atoms with Crippen molar-refractivity contribution in [1.82, 2.24) is 15.3 Å². The molecule has 1 saturated carbocycles. The van der Waals surface area contributed by atoms with E-state index >= 15 is 0 Å². The summed E-state index contributed by atoms with van der Waals surface area (Å²) in [6.45, 7) is 9.72. The van der Waals surface area contributed by atoms with Gasteiger partial charge < -0.3 is 10.6 Å². The zero-order valence-corrected chi connectivity index (χ0v) is 13.5. The van der Waals surface area contributed by atoms with Crippen molar-refractivity contribution >= 4 is 11.6 Å². The lowest BCUT2D eigenvalue weighted by molar-refractivity contribution is 0.0939. The molecule has 1 aliphatic carbocycles. The highest BCUT2D eigenvalue weighted by molar-refractivity contribution is 5.97. The summed E-state index contributed by atoms with van der Waals surface area (Å²) >= 11 is 0. The molecule has 2 rings (SSSR count). The number of hydrogen-bond donors (Lipinski definition) is 2. The Bertz CT molecular complexity index is 509. The van der Waals surface area contributed by atoms with E-state index in [1.54, 1.807) is 6.20 Å². The number of aromatic nitrogens is 2. The summed E-state index contributed by atoms with van der Waals surface area (Å²) in [5.74, 6) is 0.811. The molecule has 21 heavy (non-hydrogen) atoms. The number of nitrogens with one attached hydrogen (secondary N) is 2. The molecule has 1 aromatic rings. The van der Waals surface area contributed by atoms with Gasteiger partial charge in [0.15, 0.2) is 5.69 Å². The van der Waals surface area contributed by atoms with E-state index in [9.17, 15) is 4.79 Å². The van der Waals surface area contributed by atoms with E-state index in [0.717, 1.165) is 19.5 Å². The first-order valence-corrected chi connectivity index (χ1v) is 7.90. The highest BCUT2D eigenvalue weighted by Gasteiger charge is 2.40. The van der Waals surface area contributed by atoms with Crippen LogP contribution in [0.4, 0.5) is 5.69 Å². The van der Waals surface area contributed by atoms with Gasteiger partial charge in [-0.1, -0.05) is 20.8 Å². The second-order valence-electron chi connectivity index (χ2n) is 6.21. The second kappa shape index (κ2) is 6.41. The Hall–Kier alpha value is -1.65. The van der Waals surface area contributed by atoms with Gasteiger partial charge in [-0.05, 0) is 31.6 Å². The minimum absolute atomic E-state index is 0.102. The van der Waals surface area contributed by atoms with Gasteiger partial charge in [0.1, 0.15) is 5.82 Å². The molecule has 2 N–H and O–H groups in total. The number of carbonyl (C=O) groups excluding carboxylic acids is 1. The van der Waals surface area contributed by atoms with E-state index in [1.807, 2.05) is 20.8 Å². The first-order valence-electron chi connectivity index (χ1n) is 7.90. The third kappa shape index (κ3) is 3.71. The van der Waals surface area contributed by atoms with Gasteiger partial charge >= 0.3 is 0 Å². The van der Waals surface area contributed by atoms with E-state index < -0.39 is 0 Å². The van der Waals surface area contributed by atoms with Gasteiger partial charge in [0, 0.05) is 19.0 Å². The Kier molecular flexibility index (Phi) is 4.80. The maximum absolute atomic E-state index is 12.5. The van der Waals surface area contributed by atoms with Gasteiger partial charge in [-0.2, -0.15) is 0 Å². The maximum Gasteiger partial charge on any atom is 0.272 e. The molecular formula is C16H26N4O. The first-order chi connectivity index (χ1) is 10.0. The predicted octanol–water partition coefficient (Wildman–Crippen LogP) is 2.95. The topological polar surface area (TPSA) is 66.9 Å². The van der Waals surface area contributed by atoms with Gasteiger partial charge in [-0.15, -0.1) is 0 Å². The van der Waals surface area contributed by atoms with Crippen molar-refractivity contribution in [3.63, 3.8) is 0 Å². The highest BCUT2D eigenvalue weighted by Crippen LogP contribution is 2.47. The van der Waals surface area contributed by atoms with Crippen LogP contribution in [0.3, 0.4) is 0 Å². The Morgan fingerprint density at radius 3 is 2.62 bits per heavy atom. The van der Waals surface area contributed by atoms with Crippen LogP contribution < -0.4 is 10.6 Å². The number of anilines is 1. The molecule has 116 valence electrons. The molecule has 1 fully saturated rings. The van der Waals surface area contributed by atoms with Crippen molar-refractivity contribution in [2.24, 2.45) is 5.41 Å². The van der Waals surface area contributed by atoms with Crippen LogP contribution in [0, 0.1) is 5.41 Å². The van der Waals surface area contributed by atoms with E-state index in [2.05, 4.69) is 27.5 Å². The quantitative estimate of drug-likeness (QED) is 0.810. The van der Waals surface area contributed by atoms with Crippen LogP contribution in [0.5, 0.6) is 0 Å². The largest absolute Gasteiger partial charge is 0.382 e. The van der Waals surface area contributed by atoms with Gasteiger partial charge in [-0.3, -0.25) is 4.79 Å². The summed E-state index contributed by atoms with van der Waals surface area (Å²) in [6, 6.07) is 0. The normalized spacial score (nSPS) is 15.9. The lowest BCUT2D eigenvalue weighted by atomic mass is 10.0. The standard InChI is InChI=1S/C16H26N4O/c1-5-16(7-8-16)10-19-15(21)13-12(17-6-2)9-18-14(20-13)11(3)4/h9,11,17H,5-8,10H2,1-4H3,(H,19,21). The fourth-order valence-electron chi connectivity index (χ4n) is 2.35. The number of amides is 1. The fourth-order valence-corrected chi connectivity index (χ4v) is 2.35. The molecule has 0 atom stereocenters. The van der Waals surface area contributed by atoms with E-state index in [1.165, 1.54) is 12.8 Å². The van der Waals surface area contributed by atoms with Crippen molar-refractivity contribution in [2.75, 3.05) is 18.4 Å². The lowest BCUT2D eigenvalue weighted by Gasteiger charge is -2.15. The smallest absolute Gasteiger partial charge is 0.272 e. The summed E-state index contributed by atoms with van der Waals surface area (Å²) in [7, 11) is 0. The molecule has 0 unspecified atom stereocenters. The number of nitrogens with zero attached hydrogens (tertiary/aromatic N) is 2. The summed E-state index contributed by atoms with van der Waals surface area (Å²) < 4.78 is 0. The van der Waals surface area contributed by atoms with E-state index in [4.69, 9.17) is 0 Å². The fraction of sp³-hybridized carbons (Fsp3) is 0.688. The van der Waals surface area contributed by atoms with Gasteiger partial charge in [0.25, 0.3) is 5.91 Å². The van der Waals surface area contributed by atoms with Crippen molar-refractivity contribution in [1.29, 1.82) is 0 Å². The molecule has 0 saturated heterocycles. The van der Waals surface area contributed by atoms with Crippen molar-refractivity contribution < 1.29 is 4.79 Å². The van der Waals surface area contributed by atoms with Crippen molar-refractivity contribution in [2.45, 2.75) is 52.9 Å². The molecule has 1 aliphatic rings. The molecule has 1 aromatic heterocycles. The molecule has 0 aliphatic heterocycles. The molecular weight excluding hydrogens is 264 g/mol. The Morgan fingerprint density at radius 1 is 1.38 bits per heavy atom. The van der Waals surface area contributed by atoms with Crippen LogP contribution in [-0.2, 0) is 0 Å². The summed E-state index contributed by atoms with van der Waals surface area (Å²) in [6.07, 6.45) is 5.26. The molecule has 5 nitrogen and oxygen atoms in total. The van der Waals surface area contributed by atoms with Crippen LogP contribution in [0.2, 0.25) is 0 Å². The molecule has 0 spiro atoms. The van der Waals surface area contributed by atoms with Gasteiger partial charge in [0.05, 0.1) is 11.9 Å². The second-order valence-corrected chi connectivity index (χ2v) is 6.21. The van der Waals surface area contributed by atoms with Crippen LogP contribution in [-0.4, -0.2) is 29.0 Å². The molecule has 1 amide bonds. The average Bonchev–Trinajstić information content (AvgIpc) is 3.26. The minimum atomic E-state index is -0.102. The maximum atomic E-state index is 12.5. The third-order valence-corrected chi connectivity index (χ3v) is 4.24. The number of rotatable bonds is 7. The Morgan fingerprint density at radius 2 is 2.10 bits per heavy atom. The van der Waals surface area contributed by atoms with Crippen molar-refractivity contribution in [3.05, 3.63) is 17.7 Å². The molecule has 1 heterocycles. The van der Waals surface area contributed by atoms with Crippen LogP contribution in [0.25, 0.3) is 0 Å². The monoisotopic (exact) mass is 290 g/mol. The zero-order valence-electron chi connectivity index (χ0n) is 13.5. The first kappa shape index (κ1) is 15.7. The van der Waals surface area contributed by atoms with Gasteiger partial charge in [-0.25, -0.2) is 9.97 Å².